The van der Waals surface area contributed by atoms with Crippen molar-refractivity contribution in [3.05, 3.63) is 47.5 Å². The Kier molecular flexibility index (Phi) is 4.09. The first-order valence-electron chi connectivity index (χ1n) is 5.59. The number of hydrogen-bond acceptors (Lipinski definition) is 2. The number of rotatable bonds is 3. The molecule has 2 nitrogen and oxygen atoms in total. The Bertz CT molecular complexity index is 612. The number of hydrogen-bond donors (Lipinski definition) is 0. The number of methoxy groups -OCH3 is 1. The molecule has 2 rings (SSSR count). The van der Waals surface area contributed by atoms with Crippen molar-refractivity contribution < 1.29 is 22.6 Å². The summed E-state index contributed by atoms with van der Waals surface area (Å²) < 4.78 is 46.4. The molecule has 106 valence electrons. The Morgan fingerprint density at radius 1 is 0.950 bits per heavy atom. The van der Waals surface area contributed by atoms with Crippen molar-refractivity contribution in [2.24, 2.45) is 0 Å². The second kappa shape index (κ2) is 5.63. The molecular weight excluding hydrogens is 293 g/mol. The molecule has 0 saturated heterocycles. The van der Waals surface area contributed by atoms with Gasteiger partial charge in [0, 0.05) is 16.1 Å². The second-order valence-electron chi connectivity index (χ2n) is 3.89. The lowest BCUT2D eigenvalue weighted by Crippen LogP contribution is -2.17. The molecule has 0 aliphatic rings. The van der Waals surface area contributed by atoms with Crippen LogP contribution < -0.4 is 9.47 Å². The molecule has 0 amide bonds. The zero-order valence-electron chi connectivity index (χ0n) is 10.4. The molecule has 0 fully saturated rings. The van der Waals surface area contributed by atoms with Gasteiger partial charge in [0.25, 0.3) is 0 Å². The van der Waals surface area contributed by atoms with Gasteiger partial charge in [0.1, 0.15) is 11.5 Å². The molecule has 0 aliphatic heterocycles. The third-order valence-corrected chi connectivity index (χ3v) is 2.80. The van der Waals surface area contributed by atoms with Crippen LogP contribution in [0, 0.1) is 0 Å². The third-order valence-electron chi connectivity index (χ3n) is 2.57. The summed E-state index contributed by atoms with van der Waals surface area (Å²) in [4.78, 5) is 0. The maximum absolute atomic E-state index is 12.4. The average molecular weight is 303 g/mol. The first-order valence-corrected chi connectivity index (χ1v) is 5.97. The summed E-state index contributed by atoms with van der Waals surface area (Å²) in [6, 6.07) is 10.5. The summed E-state index contributed by atoms with van der Waals surface area (Å²) >= 11 is 5.84. The minimum Gasteiger partial charge on any atom is -0.496 e. The van der Waals surface area contributed by atoms with Crippen LogP contribution in [0.25, 0.3) is 11.1 Å². The molecule has 20 heavy (non-hydrogen) atoms. The number of ether oxygens (including phenoxy) is 2. The van der Waals surface area contributed by atoms with Gasteiger partial charge in [-0.25, -0.2) is 0 Å². The SMILES string of the molecule is COc1cc(Cl)ccc1-c1ccccc1OC(F)(F)F. The Morgan fingerprint density at radius 3 is 2.25 bits per heavy atom. The van der Waals surface area contributed by atoms with Crippen molar-refractivity contribution >= 4 is 11.6 Å². The normalized spacial score (nSPS) is 11.2. The van der Waals surface area contributed by atoms with E-state index in [9.17, 15) is 13.2 Å². The standard InChI is InChI=1S/C14H10ClF3O2/c1-19-13-8-9(15)6-7-11(13)10-4-2-3-5-12(10)20-14(16,17)18/h2-8H,1H3. The highest BCUT2D eigenvalue weighted by Gasteiger charge is 2.32. The Balaban J connectivity index is 2.53. The van der Waals surface area contributed by atoms with Gasteiger partial charge in [-0.05, 0) is 24.3 Å². The van der Waals surface area contributed by atoms with E-state index in [1.807, 2.05) is 0 Å². The number of alkyl halides is 3. The quantitative estimate of drug-likeness (QED) is 0.801. The molecule has 0 unspecified atom stereocenters. The molecule has 0 atom stereocenters. The molecular formula is C14H10ClF3O2. The molecule has 0 aromatic heterocycles. The molecule has 0 N–H and O–H groups in total. The van der Waals surface area contributed by atoms with E-state index in [1.54, 1.807) is 18.2 Å². The van der Waals surface area contributed by atoms with Crippen molar-refractivity contribution in [2.75, 3.05) is 7.11 Å². The molecule has 0 heterocycles. The largest absolute Gasteiger partial charge is 0.573 e. The summed E-state index contributed by atoms with van der Waals surface area (Å²) in [6.07, 6.45) is -4.75. The van der Waals surface area contributed by atoms with Gasteiger partial charge in [-0.1, -0.05) is 29.8 Å². The topological polar surface area (TPSA) is 18.5 Å². The fourth-order valence-corrected chi connectivity index (χ4v) is 1.95. The van der Waals surface area contributed by atoms with Gasteiger partial charge >= 0.3 is 6.36 Å². The van der Waals surface area contributed by atoms with E-state index in [1.165, 1.54) is 31.4 Å². The van der Waals surface area contributed by atoms with Crippen LogP contribution in [0.1, 0.15) is 0 Å². The highest BCUT2D eigenvalue weighted by Crippen LogP contribution is 2.39. The second-order valence-corrected chi connectivity index (χ2v) is 4.33. The predicted molar refractivity (Wildman–Crippen MR) is 70.1 cm³/mol. The molecule has 2 aromatic carbocycles. The molecule has 2 aromatic rings. The van der Waals surface area contributed by atoms with Crippen LogP contribution in [0.5, 0.6) is 11.5 Å². The van der Waals surface area contributed by atoms with E-state index >= 15 is 0 Å². The lowest BCUT2D eigenvalue weighted by atomic mass is 10.0. The molecule has 0 radical (unpaired) electrons. The van der Waals surface area contributed by atoms with Gasteiger partial charge in [-0.2, -0.15) is 0 Å². The summed E-state index contributed by atoms with van der Waals surface area (Å²) in [5, 5.41) is 0.430. The smallest absolute Gasteiger partial charge is 0.496 e. The monoisotopic (exact) mass is 302 g/mol. The van der Waals surface area contributed by atoms with Crippen molar-refractivity contribution in [3.8, 4) is 22.6 Å². The zero-order valence-corrected chi connectivity index (χ0v) is 11.1. The van der Waals surface area contributed by atoms with E-state index in [0.29, 0.717) is 16.3 Å². The fraction of sp³-hybridized carbons (Fsp3) is 0.143. The Hall–Kier alpha value is -1.88. The van der Waals surface area contributed by atoms with E-state index in [-0.39, 0.29) is 11.3 Å². The van der Waals surface area contributed by atoms with Crippen LogP contribution in [-0.2, 0) is 0 Å². The molecule has 6 heteroatoms. The van der Waals surface area contributed by atoms with Crippen LogP contribution in [0.3, 0.4) is 0 Å². The average Bonchev–Trinajstić information content (AvgIpc) is 2.38. The van der Waals surface area contributed by atoms with Crippen LogP contribution in [-0.4, -0.2) is 13.5 Å². The first-order chi connectivity index (χ1) is 9.40. The Morgan fingerprint density at radius 2 is 1.60 bits per heavy atom. The predicted octanol–water partition coefficient (Wildman–Crippen LogP) is 4.91. The fourth-order valence-electron chi connectivity index (χ4n) is 1.79. The van der Waals surface area contributed by atoms with E-state index in [0.717, 1.165) is 0 Å². The first kappa shape index (κ1) is 14.5. The van der Waals surface area contributed by atoms with Crippen molar-refractivity contribution in [1.29, 1.82) is 0 Å². The highest BCUT2D eigenvalue weighted by molar-refractivity contribution is 6.30. The molecule has 0 bridgehead atoms. The lowest BCUT2D eigenvalue weighted by molar-refractivity contribution is -0.274. The number of halogens is 4. The number of para-hydroxylation sites is 1. The van der Waals surface area contributed by atoms with Crippen LogP contribution in [0.4, 0.5) is 13.2 Å². The zero-order chi connectivity index (χ0) is 14.8. The molecule has 0 aliphatic carbocycles. The summed E-state index contributed by atoms with van der Waals surface area (Å²) in [7, 11) is 1.42. The maximum atomic E-state index is 12.4. The van der Waals surface area contributed by atoms with Crippen molar-refractivity contribution in [3.63, 3.8) is 0 Å². The van der Waals surface area contributed by atoms with E-state index < -0.39 is 6.36 Å². The highest BCUT2D eigenvalue weighted by atomic mass is 35.5. The maximum Gasteiger partial charge on any atom is 0.573 e. The summed E-state index contributed by atoms with van der Waals surface area (Å²) in [5.74, 6) is 0.0800. The van der Waals surface area contributed by atoms with Gasteiger partial charge in [-0.3, -0.25) is 0 Å². The lowest BCUT2D eigenvalue weighted by Gasteiger charge is -2.15. The van der Waals surface area contributed by atoms with E-state index in [4.69, 9.17) is 16.3 Å². The third kappa shape index (κ3) is 3.36. The van der Waals surface area contributed by atoms with Crippen LogP contribution in [0.15, 0.2) is 42.5 Å². The van der Waals surface area contributed by atoms with Gasteiger partial charge in [-0.15, -0.1) is 13.2 Å². The molecule has 0 spiro atoms. The summed E-state index contributed by atoms with van der Waals surface area (Å²) in [5.41, 5.74) is 0.745. The van der Waals surface area contributed by atoms with Gasteiger partial charge < -0.3 is 9.47 Å². The summed E-state index contributed by atoms with van der Waals surface area (Å²) in [6.45, 7) is 0. The van der Waals surface area contributed by atoms with Crippen LogP contribution >= 0.6 is 11.6 Å². The van der Waals surface area contributed by atoms with Gasteiger partial charge in [0.05, 0.1) is 7.11 Å². The van der Waals surface area contributed by atoms with E-state index in [2.05, 4.69) is 4.74 Å². The minimum atomic E-state index is -4.75. The molecule has 0 saturated carbocycles. The van der Waals surface area contributed by atoms with Gasteiger partial charge in [0.2, 0.25) is 0 Å². The Labute approximate surface area is 118 Å². The van der Waals surface area contributed by atoms with Gasteiger partial charge in [0.15, 0.2) is 0 Å². The van der Waals surface area contributed by atoms with Crippen molar-refractivity contribution in [1.82, 2.24) is 0 Å². The minimum absolute atomic E-state index is 0.276. The van der Waals surface area contributed by atoms with Crippen LogP contribution in [0.2, 0.25) is 5.02 Å². The number of benzene rings is 2. The van der Waals surface area contributed by atoms with Crippen molar-refractivity contribution in [2.45, 2.75) is 6.36 Å².